The molecule has 0 saturated heterocycles. The highest BCUT2D eigenvalue weighted by Gasteiger charge is 2.81. The number of fused-ring (bicyclic) bond motifs is 18. The second-order valence-electron chi connectivity index (χ2n) is 12.1. The van der Waals surface area contributed by atoms with Gasteiger partial charge in [0.25, 0.3) is 17.4 Å². The SMILES string of the molecule is O=C1c2ccccc2[C@@]2(O)Oc3c(c4c(c5c3[C@@]3(O)C(=O)c6ccccc6[C@@]3(O)O5)[C@@]3(O)C(=O)c5ccccc5[C@@]3(O)O4)[C@@]12O. The quantitative estimate of drug-likeness (QED) is 0.163. The van der Waals surface area contributed by atoms with Gasteiger partial charge in [0.1, 0.15) is 17.2 Å². The summed E-state index contributed by atoms with van der Waals surface area (Å²) in [4.78, 5) is 42.0. The van der Waals surface area contributed by atoms with Gasteiger partial charge in [-0.15, -0.1) is 0 Å². The standard InChI is InChI=1S/C33H18O12/c34-25-13-7-1-4-10-16(13)31(40)28(25,37)19-22(43-31)20-24(45-33(42)18-12-6-3-9-15(18)26(35)29(20,33)38)21-23(19)44-32(41)17-11-5-2-8-14(17)27(36)30(21,32)39/h1-12,37-42H/t28-,29-,30-,31-,32-,33-/m1/s1. The van der Waals surface area contributed by atoms with Gasteiger partial charge < -0.3 is 44.8 Å². The van der Waals surface area contributed by atoms with Crippen LogP contribution in [0.15, 0.2) is 72.8 Å². The Balaban J connectivity index is 1.37. The molecule has 3 aliphatic heterocycles. The second kappa shape index (κ2) is 6.82. The van der Waals surface area contributed by atoms with Gasteiger partial charge in [-0.25, -0.2) is 0 Å². The first kappa shape index (κ1) is 25.4. The predicted molar refractivity (Wildman–Crippen MR) is 144 cm³/mol. The predicted octanol–water partition coefficient (Wildman–Crippen LogP) is 0.551. The van der Waals surface area contributed by atoms with Crippen molar-refractivity contribution in [3.8, 4) is 17.2 Å². The molecule has 0 saturated carbocycles. The maximum atomic E-state index is 14.0. The van der Waals surface area contributed by atoms with Crippen LogP contribution >= 0.6 is 0 Å². The minimum atomic E-state index is -3.05. The van der Waals surface area contributed by atoms with Gasteiger partial charge in [-0.1, -0.05) is 72.8 Å². The maximum Gasteiger partial charge on any atom is 0.277 e. The first-order valence-electron chi connectivity index (χ1n) is 13.9. The van der Waals surface area contributed by atoms with E-state index in [4.69, 9.17) is 14.2 Å². The zero-order chi connectivity index (χ0) is 31.3. The van der Waals surface area contributed by atoms with E-state index >= 15 is 0 Å². The van der Waals surface area contributed by atoms with Crippen molar-refractivity contribution in [2.24, 2.45) is 0 Å². The van der Waals surface area contributed by atoms with Crippen LogP contribution in [-0.4, -0.2) is 48.0 Å². The Morgan fingerprint density at radius 1 is 0.400 bits per heavy atom. The van der Waals surface area contributed by atoms with Crippen LogP contribution in [0.5, 0.6) is 17.2 Å². The number of benzene rings is 4. The van der Waals surface area contributed by atoms with Crippen LogP contribution in [0.2, 0.25) is 0 Å². The summed E-state index contributed by atoms with van der Waals surface area (Å²) < 4.78 is 18.0. The molecule has 12 nitrogen and oxygen atoms in total. The molecule has 3 aliphatic carbocycles. The van der Waals surface area contributed by atoms with Gasteiger partial charge in [-0.2, -0.15) is 0 Å². The molecule has 4 aromatic carbocycles. The van der Waals surface area contributed by atoms with Crippen LogP contribution in [-0.2, 0) is 34.2 Å². The Labute approximate surface area is 250 Å². The average Bonchev–Trinajstić information content (AvgIpc) is 3.68. The molecule has 6 aliphatic rings. The molecular formula is C33H18O12. The number of hydrogen-bond donors (Lipinski definition) is 6. The molecule has 4 aromatic rings. The Bertz CT molecular complexity index is 1960. The summed E-state index contributed by atoms with van der Waals surface area (Å²) in [6, 6.07) is 16.9. The summed E-state index contributed by atoms with van der Waals surface area (Å²) in [5.74, 6) is -13.9. The lowest BCUT2D eigenvalue weighted by atomic mass is 9.77. The van der Waals surface area contributed by atoms with Crippen LogP contribution in [0.4, 0.5) is 0 Å². The van der Waals surface area contributed by atoms with Gasteiger partial charge in [0.2, 0.25) is 34.2 Å². The Morgan fingerprint density at radius 3 is 0.911 bits per heavy atom. The second-order valence-corrected chi connectivity index (χ2v) is 12.1. The molecule has 6 N–H and O–H groups in total. The fraction of sp³-hybridized carbons (Fsp3) is 0.182. The minimum absolute atomic E-state index is 0.129. The third-order valence-corrected chi connectivity index (χ3v) is 10.3. The smallest absolute Gasteiger partial charge is 0.277 e. The van der Waals surface area contributed by atoms with Gasteiger partial charge >= 0.3 is 0 Å². The summed E-state index contributed by atoms with van der Waals surface area (Å²) in [5.41, 5.74) is -12.1. The highest BCUT2D eigenvalue weighted by molar-refractivity contribution is 6.15. The van der Waals surface area contributed by atoms with Gasteiger partial charge in [-0.05, 0) is 0 Å². The normalized spacial score (nSPS) is 36.5. The number of hydrogen-bond acceptors (Lipinski definition) is 12. The molecule has 45 heavy (non-hydrogen) atoms. The molecule has 0 bridgehead atoms. The number of carbonyl (C=O) groups is 3. The van der Waals surface area contributed by atoms with E-state index in [-0.39, 0.29) is 33.4 Å². The van der Waals surface area contributed by atoms with E-state index in [1.54, 1.807) is 0 Å². The molecular weight excluding hydrogens is 588 g/mol. The highest BCUT2D eigenvalue weighted by Crippen LogP contribution is 2.74. The molecule has 12 heteroatoms. The zero-order valence-electron chi connectivity index (χ0n) is 22.6. The molecule has 3 heterocycles. The number of aliphatic hydroxyl groups is 6. The van der Waals surface area contributed by atoms with Crippen LogP contribution in [0.25, 0.3) is 0 Å². The van der Waals surface area contributed by atoms with Crippen molar-refractivity contribution in [2.45, 2.75) is 34.2 Å². The van der Waals surface area contributed by atoms with Crippen molar-refractivity contribution in [3.63, 3.8) is 0 Å². The van der Waals surface area contributed by atoms with E-state index in [2.05, 4.69) is 0 Å². The number of carbonyl (C=O) groups excluding carboxylic acids is 3. The van der Waals surface area contributed by atoms with Crippen molar-refractivity contribution in [1.82, 2.24) is 0 Å². The van der Waals surface area contributed by atoms with E-state index < -0.39 is 85.5 Å². The van der Waals surface area contributed by atoms with Gasteiger partial charge in [0, 0.05) is 33.4 Å². The summed E-state index contributed by atoms with van der Waals surface area (Å²) in [7, 11) is 0. The highest BCUT2D eigenvalue weighted by atomic mass is 16.7. The molecule has 0 radical (unpaired) electrons. The first-order chi connectivity index (χ1) is 21.3. The summed E-state index contributed by atoms with van der Waals surface area (Å²) in [6.45, 7) is 0. The third kappa shape index (κ3) is 2.09. The largest absolute Gasteiger partial charge is 0.453 e. The Kier molecular flexibility index (Phi) is 3.85. The minimum Gasteiger partial charge on any atom is -0.453 e. The molecule has 6 atom stereocenters. The lowest BCUT2D eigenvalue weighted by Crippen LogP contribution is -2.49. The zero-order valence-corrected chi connectivity index (χ0v) is 22.6. The molecule has 0 aromatic heterocycles. The van der Waals surface area contributed by atoms with E-state index in [1.807, 2.05) is 0 Å². The first-order valence-corrected chi connectivity index (χ1v) is 13.9. The maximum absolute atomic E-state index is 14.0. The Hall–Kier alpha value is -4.95. The van der Waals surface area contributed by atoms with Crippen LogP contribution in [0.1, 0.15) is 64.5 Å². The van der Waals surface area contributed by atoms with E-state index in [9.17, 15) is 45.0 Å². The number of rotatable bonds is 0. The lowest BCUT2D eigenvalue weighted by molar-refractivity contribution is -0.231. The van der Waals surface area contributed by atoms with Crippen molar-refractivity contribution in [2.75, 3.05) is 0 Å². The number of ether oxygens (including phenoxy) is 3. The van der Waals surface area contributed by atoms with Crippen LogP contribution < -0.4 is 14.2 Å². The number of Topliss-reactive ketones (excluding diaryl/α,β-unsaturated/α-hetero) is 3. The topological polar surface area (TPSA) is 200 Å². The van der Waals surface area contributed by atoms with Crippen molar-refractivity contribution in [3.05, 3.63) is 123 Å². The van der Waals surface area contributed by atoms with Crippen LogP contribution in [0, 0.1) is 0 Å². The molecule has 222 valence electrons. The van der Waals surface area contributed by atoms with Crippen molar-refractivity contribution < 1.29 is 59.2 Å². The lowest BCUT2D eigenvalue weighted by Gasteiger charge is -2.30. The monoisotopic (exact) mass is 606 g/mol. The summed E-state index contributed by atoms with van der Waals surface area (Å²) in [6.07, 6.45) is 0. The van der Waals surface area contributed by atoms with Crippen LogP contribution in [0.3, 0.4) is 0 Å². The van der Waals surface area contributed by atoms with Gasteiger partial charge in [-0.3, -0.25) is 14.4 Å². The molecule has 0 spiro atoms. The molecule has 0 unspecified atom stereocenters. The summed E-state index contributed by atoms with van der Waals surface area (Å²) in [5, 5.41) is 73.1. The van der Waals surface area contributed by atoms with E-state index in [0.29, 0.717) is 0 Å². The van der Waals surface area contributed by atoms with E-state index in [0.717, 1.165) is 0 Å². The molecule has 10 rings (SSSR count). The van der Waals surface area contributed by atoms with Crippen molar-refractivity contribution in [1.29, 1.82) is 0 Å². The fourth-order valence-corrected chi connectivity index (χ4v) is 8.22. The fourth-order valence-electron chi connectivity index (χ4n) is 8.22. The average molecular weight is 606 g/mol. The van der Waals surface area contributed by atoms with Gasteiger partial charge in [0.15, 0.2) is 0 Å². The molecule has 0 fully saturated rings. The summed E-state index contributed by atoms with van der Waals surface area (Å²) >= 11 is 0. The third-order valence-electron chi connectivity index (χ3n) is 10.3. The van der Waals surface area contributed by atoms with E-state index in [1.165, 1.54) is 72.8 Å². The van der Waals surface area contributed by atoms with Crippen molar-refractivity contribution >= 4 is 17.3 Å². The molecule has 0 amide bonds. The Morgan fingerprint density at radius 2 is 0.644 bits per heavy atom. The van der Waals surface area contributed by atoms with Gasteiger partial charge in [0.05, 0.1) is 16.7 Å². The number of ketones is 3.